The van der Waals surface area contributed by atoms with Crippen molar-refractivity contribution in [2.24, 2.45) is 11.3 Å². The third-order valence-electron chi connectivity index (χ3n) is 5.83. The van der Waals surface area contributed by atoms with E-state index >= 15 is 0 Å². The first kappa shape index (κ1) is 16.3. The first-order chi connectivity index (χ1) is 11.8. The molecule has 0 spiro atoms. The van der Waals surface area contributed by atoms with E-state index < -0.39 is 17.3 Å². The lowest BCUT2D eigenvalue weighted by Gasteiger charge is -2.23. The van der Waals surface area contributed by atoms with E-state index in [0.717, 1.165) is 23.4 Å². The van der Waals surface area contributed by atoms with Gasteiger partial charge < -0.3 is 10.0 Å². The zero-order chi connectivity index (χ0) is 17.9. The van der Waals surface area contributed by atoms with Crippen LogP contribution in [0.5, 0.6) is 0 Å². The smallest absolute Gasteiger partial charge is 0.311 e. The lowest BCUT2D eigenvalue weighted by molar-refractivity contribution is -0.149. The number of rotatable bonds is 2. The Morgan fingerprint density at radius 1 is 1.40 bits per heavy atom. The number of amides is 1. The molecule has 2 fully saturated rings. The lowest BCUT2D eigenvalue weighted by atomic mass is 9.81. The number of carboxylic acids is 1. The number of carboxylic acid groups (broad SMARTS) is 1. The number of thiazole rings is 1. The molecule has 2 aliphatic rings. The highest BCUT2D eigenvalue weighted by Crippen LogP contribution is 2.49. The molecule has 1 saturated heterocycles. The van der Waals surface area contributed by atoms with E-state index in [2.05, 4.69) is 4.98 Å². The molecule has 7 nitrogen and oxygen atoms in total. The fourth-order valence-corrected chi connectivity index (χ4v) is 5.22. The number of aliphatic carboxylic acids is 1. The molecule has 0 aromatic carbocycles. The van der Waals surface area contributed by atoms with Gasteiger partial charge in [0, 0.05) is 29.9 Å². The number of aromatic nitrogens is 2. The molecule has 4 rings (SSSR count). The minimum atomic E-state index is -0.849. The average Bonchev–Trinajstić information content (AvgIpc) is 3.19. The number of likely N-dealkylation sites (tertiary alicyclic amines) is 1. The molecule has 0 unspecified atom stereocenters. The van der Waals surface area contributed by atoms with Gasteiger partial charge in [0.05, 0.1) is 5.41 Å². The summed E-state index contributed by atoms with van der Waals surface area (Å²) in [7, 11) is 0. The largest absolute Gasteiger partial charge is 0.481 e. The van der Waals surface area contributed by atoms with Crippen molar-refractivity contribution in [1.82, 2.24) is 14.3 Å². The molecule has 0 bridgehead atoms. The van der Waals surface area contributed by atoms with E-state index in [9.17, 15) is 19.5 Å². The monoisotopic (exact) mass is 361 g/mol. The van der Waals surface area contributed by atoms with Gasteiger partial charge in [-0.15, -0.1) is 11.3 Å². The van der Waals surface area contributed by atoms with Crippen LogP contribution in [-0.4, -0.2) is 44.4 Å². The number of aryl methyl sites for hydroxylation is 2. The average molecular weight is 361 g/mol. The van der Waals surface area contributed by atoms with Gasteiger partial charge in [-0.05, 0) is 32.6 Å². The fourth-order valence-electron chi connectivity index (χ4n) is 4.29. The van der Waals surface area contributed by atoms with Crippen molar-refractivity contribution in [3.05, 3.63) is 32.7 Å². The van der Waals surface area contributed by atoms with Crippen LogP contribution in [0.4, 0.5) is 0 Å². The van der Waals surface area contributed by atoms with Crippen LogP contribution in [0.1, 0.15) is 40.2 Å². The number of fused-ring (bicyclic) bond motifs is 2. The third-order valence-corrected chi connectivity index (χ3v) is 6.90. The standard InChI is InChI=1S/C17H19N3O4S/c1-9-10(2)25-16-18-6-12(14(22)20(9)16)13(21)19-7-11-4-3-5-17(11,8-19)15(23)24/h6,11H,3-5,7-8H2,1-2H3,(H,23,24)/t11-,17+/m0/s1. The highest BCUT2D eigenvalue weighted by molar-refractivity contribution is 7.17. The first-order valence-electron chi connectivity index (χ1n) is 8.35. The number of hydrogen-bond acceptors (Lipinski definition) is 5. The second-order valence-electron chi connectivity index (χ2n) is 7.07. The van der Waals surface area contributed by atoms with Gasteiger partial charge in [-0.2, -0.15) is 0 Å². The summed E-state index contributed by atoms with van der Waals surface area (Å²) < 4.78 is 1.47. The van der Waals surface area contributed by atoms with Gasteiger partial charge in [-0.1, -0.05) is 6.42 Å². The summed E-state index contributed by atoms with van der Waals surface area (Å²) in [6.07, 6.45) is 3.62. The Kier molecular flexibility index (Phi) is 3.50. The van der Waals surface area contributed by atoms with Crippen LogP contribution in [0.15, 0.2) is 11.0 Å². The van der Waals surface area contributed by atoms with Crippen LogP contribution in [-0.2, 0) is 4.79 Å². The number of hydrogen-bond donors (Lipinski definition) is 1. The van der Waals surface area contributed by atoms with Gasteiger partial charge in [0.2, 0.25) is 0 Å². The molecule has 1 N–H and O–H groups in total. The molecule has 8 heteroatoms. The van der Waals surface area contributed by atoms with Crippen molar-refractivity contribution in [2.45, 2.75) is 33.1 Å². The molecule has 1 aliphatic carbocycles. The molecule has 1 saturated carbocycles. The van der Waals surface area contributed by atoms with Crippen molar-refractivity contribution in [1.29, 1.82) is 0 Å². The Hall–Kier alpha value is -2.22. The van der Waals surface area contributed by atoms with Gasteiger partial charge in [-0.3, -0.25) is 18.8 Å². The maximum Gasteiger partial charge on any atom is 0.311 e. The molecule has 0 radical (unpaired) electrons. The molecule has 3 heterocycles. The van der Waals surface area contributed by atoms with Gasteiger partial charge in [0.15, 0.2) is 4.96 Å². The SMILES string of the molecule is Cc1sc2ncc(C(=O)N3C[C@@H]4CCC[C@@]4(C(=O)O)C3)c(=O)n2c1C. The molecule has 1 aliphatic heterocycles. The third kappa shape index (κ3) is 2.16. The summed E-state index contributed by atoms with van der Waals surface area (Å²) in [5.41, 5.74) is -0.428. The summed E-state index contributed by atoms with van der Waals surface area (Å²) >= 11 is 1.41. The second-order valence-corrected chi connectivity index (χ2v) is 8.26. The predicted octanol–water partition coefficient (Wildman–Crippen LogP) is 1.70. The molecular formula is C17H19N3O4S. The van der Waals surface area contributed by atoms with Crippen LogP contribution in [0.2, 0.25) is 0 Å². The molecule has 2 aromatic heterocycles. The quantitative estimate of drug-likeness (QED) is 0.879. The Balaban J connectivity index is 1.72. The van der Waals surface area contributed by atoms with E-state index in [1.54, 1.807) is 0 Å². The predicted molar refractivity (Wildman–Crippen MR) is 92.1 cm³/mol. The number of carbonyl (C=O) groups is 2. The minimum absolute atomic E-state index is 0.0129. The summed E-state index contributed by atoms with van der Waals surface area (Å²) in [4.78, 5) is 44.8. The van der Waals surface area contributed by atoms with Crippen LogP contribution >= 0.6 is 11.3 Å². The number of carbonyl (C=O) groups excluding carboxylic acids is 1. The maximum atomic E-state index is 12.9. The Morgan fingerprint density at radius 2 is 2.16 bits per heavy atom. The second kappa shape index (κ2) is 5.39. The molecule has 2 atom stereocenters. The highest BCUT2D eigenvalue weighted by Gasteiger charge is 2.56. The van der Waals surface area contributed by atoms with Crippen molar-refractivity contribution >= 4 is 28.2 Å². The lowest BCUT2D eigenvalue weighted by Crippen LogP contribution is -2.39. The molecule has 132 valence electrons. The first-order valence-corrected chi connectivity index (χ1v) is 9.17. The van der Waals surface area contributed by atoms with Gasteiger partial charge in [0.1, 0.15) is 5.56 Å². The van der Waals surface area contributed by atoms with Crippen LogP contribution in [0.25, 0.3) is 4.96 Å². The van der Waals surface area contributed by atoms with E-state index in [4.69, 9.17) is 0 Å². The number of nitrogens with zero attached hydrogens (tertiary/aromatic N) is 3. The van der Waals surface area contributed by atoms with E-state index in [0.29, 0.717) is 17.9 Å². The van der Waals surface area contributed by atoms with Gasteiger partial charge in [0.25, 0.3) is 11.5 Å². The summed E-state index contributed by atoms with van der Waals surface area (Å²) in [5.74, 6) is -1.27. The van der Waals surface area contributed by atoms with Crippen molar-refractivity contribution in [2.75, 3.05) is 13.1 Å². The van der Waals surface area contributed by atoms with Crippen LogP contribution in [0.3, 0.4) is 0 Å². The maximum absolute atomic E-state index is 12.9. The van der Waals surface area contributed by atoms with Gasteiger partial charge in [-0.25, -0.2) is 4.98 Å². The van der Waals surface area contributed by atoms with Crippen LogP contribution < -0.4 is 5.56 Å². The molecule has 25 heavy (non-hydrogen) atoms. The Morgan fingerprint density at radius 3 is 2.84 bits per heavy atom. The highest BCUT2D eigenvalue weighted by atomic mass is 32.1. The Labute approximate surface area is 147 Å². The van der Waals surface area contributed by atoms with E-state index in [-0.39, 0.29) is 23.6 Å². The fraction of sp³-hybridized carbons (Fsp3) is 0.529. The molecule has 2 aromatic rings. The zero-order valence-electron chi connectivity index (χ0n) is 14.1. The van der Waals surface area contributed by atoms with Crippen molar-refractivity contribution in [3.8, 4) is 0 Å². The Bertz CT molecular complexity index is 963. The summed E-state index contributed by atoms with van der Waals surface area (Å²) in [6, 6.07) is 0. The molecular weight excluding hydrogens is 342 g/mol. The van der Waals surface area contributed by atoms with E-state index in [1.807, 2.05) is 13.8 Å². The summed E-state index contributed by atoms with van der Waals surface area (Å²) in [5, 5.41) is 9.66. The molecule has 1 amide bonds. The normalized spacial score (nSPS) is 25.5. The van der Waals surface area contributed by atoms with Crippen LogP contribution in [0, 0.1) is 25.2 Å². The van der Waals surface area contributed by atoms with E-state index in [1.165, 1.54) is 26.8 Å². The van der Waals surface area contributed by atoms with Crippen molar-refractivity contribution < 1.29 is 14.7 Å². The summed E-state index contributed by atoms with van der Waals surface area (Å²) in [6.45, 7) is 4.31. The topological polar surface area (TPSA) is 92.0 Å². The minimum Gasteiger partial charge on any atom is -0.481 e. The van der Waals surface area contributed by atoms with Crippen molar-refractivity contribution in [3.63, 3.8) is 0 Å². The zero-order valence-corrected chi connectivity index (χ0v) is 14.9. The van der Waals surface area contributed by atoms with Gasteiger partial charge >= 0.3 is 5.97 Å².